The summed E-state index contributed by atoms with van der Waals surface area (Å²) >= 11 is 0. The maximum Gasteiger partial charge on any atom is 0.311 e. The second-order valence-electron chi connectivity index (χ2n) is 7.03. The number of nitrogens with one attached hydrogen (secondary N) is 1. The van der Waals surface area contributed by atoms with E-state index >= 15 is 0 Å². The van der Waals surface area contributed by atoms with E-state index in [-0.39, 0.29) is 12.1 Å². The number of hydrogen-bond donors (Lipinski definition) is 2. The SMILES string of the molecule is O=C(Cn1c(Cc2ccccc2)nc2ccccc21)N/N=C/c1cccc([N+](=O)[O-])c1O. The van der Waals surface area contributed by atoms with Gasteiger partial charge in [0, 0.05) is 18.1 Å². The van der Waals surface area contributed by atoms with Crippen LogP contribution in [0.4, 0.5) is 5.69 Å². The lowest BCUT2D eigenvalue weighted by molar-refractivity contribution is -0.385. The van der Waals surface area contributed by atoms with E-state index in [1.807, 2.05) is 59.2 Å². The van der Waals surface area contributed by atoms with Crippen molar-refractivity contribution < 1.29 is 14.8 Å². The first-order valence-corrected chi connectivity index (χ1v) is 9.79. The average molecular weight is 429 g/mol. The molecule has 9 nitrogen and oxygen atoms in total. The van der Waals surface area contributed by atoms with E-state index in [0.29, 0.717) is 6.42 Å². The van der Waals surface area contributed by atoms with Gasteiger partial charge in [-0.15, -0.1) is 0 Å². The van der Waals surface area contributed by atoms with E-state index in [9.17, 15) is 20.0 Å². The zero-order valence-corrected chi connectivity index (χ0v) is 16.9. The molecule has 4 aromatic rings. The first-order chi connectivity index (χ1) is 15.5. The Balaban J connectivity index is 1.53. The molecule has 0 aliphatic rings. The number of aromatic hydroxyl groups is 1. The van der Waals surface area contributed by atoms with Crippen molar-refractivity contribution in [1.29, 1.82) is 0 Å². The normalized spacial score (nSPS) is 11.1. The second kappa shape index (κ2) is 9.09. The van der Waals surface area contributed by atoms with Gasteiger partial charge in [-0.2, -0.15) is 5.10 Å². The average Bonchev–Trinajstić information content (AvgIpc) is 3.12. The molecular formula is C23H19N5O4. The minimum absolute atomic E-state index is 0.0130. The second-order valence-corrected chi connectivity index (χ2v) is 7.03. The topological polar surface area (TPSA) is 123 Å². The summed E-state index contributed by atoms with van der Waals surface area (Å²) in [5.41, 5.74) is 4.78. The van der Waals surface area contributed by atoms with Gasteiger partial charge in [-0.25, -0.2) is 10.4 Å². The van der Waals surface area contributed by atoms with Crippen molar-refractivity contribution >= 4 is 28.8 Å². The number of aromatic nitrogens is 2. The highest BCUT2D eigenvalue weighted by molar-refractivity contribution is 5.87. The molecule has 0 atom stereocenters. The van der Waals surface area contributed by atoms with E-state index in [1.165, 1.54) is 18.2 Å². The maximum absolute atomic E-state index is 12.6. The van der Waals surface area contributed by atoms with Gasteiger partial charge in [-0.1, -0.05) is 48.5 Å². The number of phenols is 1. The van der Waals surface area contributed by atoms with Crippen molar-refractivity contribution in [3.8, 4) is 5.75 Å². The molecule has 0 saturated heterocycles. The molecule has 1 amide bonds. The molecule has 1 aromatic heterocycles. The van der Waals surface area contributed by atoms with Gasteiger partial charge in [0.15, 0.2) is 0 Å². The minimum atomic E-state index is -0.691. The Morgan fingerprint density at radius 3 is 2.62 bits per heavy atom. The highest BCUT2D eigenvalue weighted by Gasteiger charge is 2.16. The van der Waals surface area contributed by atoms with Gasteiger partial charge in [0.25, 0.3) is 5.91 Å². The van der Waals surface area contributed by atoms with E-state index in [0.717, 1.165) is 28.6 Å². The van der Waals surface area contributed by atoms with Gasteiger partial charge in [0.1, 0.15) is 12.4 Å². The van der Waals surface area contributed by atoms with E-state index < -0.39 is 22.3 Å². The van der Waals surface area contributed by atoms with Gasteiger partial charge in [0.05, 0.1) is 22.2 Å². The van der Waals surface area contributed by atoms with Crippen LogP contribution in [0, 0.1) is 10.1 Å². The zero-order chi connectivity index (χ0) is 22.5. The molecule has 32 heavy (non-hydrogen) atoms. The number of phenolic OH excluding ortho intramolecular Hbond substituents is 1. The molecule has 0 fully saturated rings. The molecule has 2 N–H and O–H groups in total. The molecule has 0 unspecified atom stereocenters. The number of nitro groups is 1. The summed E-state index contributed by atoms with van der Waals surface area (Å²) in [6.45, 7) is -0.0130. The third kappa shape index (κ3) is 4.46. The Morgan fingerprint density at radius 1 is 1.09 bits per heavy atom. The number of benzene rings is 3. The molecule has 9 heteroatoms. The molecule has 160 valence electrons. The maximum atomic E-state index is 12.6. The number of hydrazone groups is 1. The quantitative estimate of drug-likeness (QED) is 0.265. The van der Waals surface area contributed by atoms with E-state index in [1.54, 1.807) is 0 Å². The highest BCUT2D eigenvalue weighted by atomic mass is 16.6. The van der Waals surface area contributed by atoms with Crippen molar-refractivity contribution in [3.05, 3.63) is 99.9 Å². The fourth-order valence-electron chi connectivity index (χ4n) is 3.37. The number of carbonyl (C=O) groups excluding carboxylic acids is 1. The van der Waals surface area contributed by atoms with Crippen LogP contribution in [0.25, 0.3) is 11.0 Å². The lowest BCUT2D eigenvalue weighted by Gasteiger charge is -2.08. The van der Waals surface area contributed by atoms with Crippen LogP contribution in [0.5, 0.6) is 5.75 Å². The predicted octanol–water partition coefficient (Wildman–Crippen LogP) is 3.39. The van der Waals surface area contributed by atoms with Gasteiger partial charge in [-0.3, -0.25) is 14.9 Å². The molecule has 4 rings (SSSR count). The van der Waals surface area contributed by atoms with Gasteiger partial charge < -0.3 is 9.67 Å². The first-order valence-electron chi connectivity index (χ1n) is 9.79. The Bertz CT molecular complexity index is 1310. The molecule has 0 spiro atoms. The summed E-state index contributed by atoms with van der Waals surface area (Å²) in [6, 6.07) is 21.5. The summed E-state index contributed by atoms with van der Waals surface area (Å²) in [6.07, 6.45) is 1.73. The Hall–Kier alpha value is -4.53. The van der Waals surface area contributed by atoms with E-state index in [4.69, 9.17) is 0 Å². The molecule has 0 radical (unpaired) electrons. The highest BCUT2D eigenvalue weighted by Crippen LogP contribution is 2.27. The number of nitro benzene ring substituents is 1. The minimum Gasteiger partial charge on any atom is -0.502 e. The third-order valence-corrected chi connectivity index (χ3v) is 4.88. The number of hydrogen-bond acceptors (Lipinski definition) is 6. The van der Waals surface area contributed by atoms with Crippen molar-refractivity contribution in [1.82, 2.24) is 15.0 Å². The van der Waals surface area contributed by atoms with Crippen LogP contribution >= 0.6 is 0 Å². The number of carbonyl (C=O) groups is 1. The van der Waals surface area contributed by atoms with Crippen LogP contribution in [0.15, 0.2) is 77.9 Å². The molecule has 3 aromatic carbocycles. The standard InChI is InChI=1S/C23H19N5O4/c29-22(26-24-14-17-9-6-12-20(23(17)30)28(31)32)15-27-19-11-5-4-10-18(19)25-21(27)13-16-7-2-1-3-8-16/h1-12,14,30H,13,15H2,(H,26,29)/b24-14+. The Kier molecular flexibility index (Phi) is 5.89. The van der Waals surface area contributed by atoms with Crippen LogP contribution < -0.4 is 5.43 Å². The van der Waals surface area contributed by atoms with Crippen molar-refractivity contribution in [3.63, 3.8) is 0 Å². The molecule has 0 saturated carbocycles. The number of rotatable bonds is 7. The fourth-order valence-corrected chi connectivity index (χ4v) is 3.37. The van der Waals surface area contributed by atoms with E-state index in [2.05, 4.69) is 15.5 Å². The summed E-state index contributed by atoms with van der Waals surface area (Å²) in [4.78, 5) is 27.5. The zero-order valence-electron chi connectivity index (χ0n) is 16.9. The van der Waals surface area contributed by atoms with Crippen molar-refractivity contribution in [2.24, 2.45) is 5.10 Å². The number of fused-ring (bicyclic) bond motifs is 1. The van der Waals surface area contributed by atoms with Crippen LogP contribution in [0.2, 0.25) is 0 Å². The van der Waals surface area contributed by atoms with Gasteiger partial charge in [-0.05, 0) is 23.8 Å². The lowest BCUT2D eigenvalue weighted by Crippen LogP contribution is -2.24. The summed E-state index contributed by atoms with van der Waals surface area (Å²) in [5, 5.41) is 24.7. The molecule has 1 heterocycles. The monoisotopic (exact) mass is 429 g/mol. The summed E-state index contributed by atoms with van der Waals surface area (Å²) in [7, 11) is 0. The molecule has 0 aliphatic carbocycles. The van der Waals surface area contributed by atoms with Gasteiger partial charge in [0.2, 0.25) is 5.75 Å². The number of nitrogens with zero attached hydrogens (tertiary/aromatic N) is 4. The predicted molar refractivity (Wildman–Crippen MR) is 119 cm³/mol. The van der Waals surface area contributed by atoms with Crippen LogP contribution in [0.1, 0.15) is 17.0 Å². The molecule has 0 bridgehead atoms. The van der Waals surface area contributed by atoms with Crippen molar-refractivity contribution in [2.45, 2.75) is 13.0 Å². The number of imidazole rings is 1. The molecular weight excluding hydrogens is 410 g/mol. The molecule has 0 aliphatic heterocycles. The number of amides is 1. The van der Waals surface area contributed by atoms with Crippen LogP contribution in [-0.4, -0.2) is 31.7 Å². The fraction of sp³-hybridized carbons (Fsp3) is 0.0870. The number of para-hydroxylation sites is 3. The Labute approximate surface area is 182 Å². The largest absolute Gasteiger partial charge is 0.502 e. The lowest BCUT2D eigenvalue weighted by atomic mass is 10.1. The summed E-state index contributed by atoms with van der Waals surface area (Å²) in [5.74, 6) is -0.169. The van der Waals surface area contributed by atoms with Crippen molar-refractivity contribution in [2.75, 3.05) is 0 Å². The van der Waals surface area contributed by atoms with Gasteiger partial charge >= 0.3 is 5.69 Å². The van der Waals surface area contributed by atoms with Crippen LogP contribution in [0.3, 0.4) is 0 Å². The third-order valence-electron chi connectivity index (χ3n) is 4.88. The smallest absolute Gasteiger partial charge is 0.311 e. The Morgan fingerprint density at radius 2 is 1.84 bits per heavy atom. The first kappa shape index (κ1) is 20.7. The van der Waals surface area contributed by atoms with Crippen LogP contribution in [-0.2, 0) is 17.8 Å². The summed E-state index contributed by atoms with van der Waals surface area (Å²) < 4.78 is 1.83.